The van der Waals surface area contributed by atoms with Crippen LogP contribution in [-0.2, 0) is 6.54 Å². The van der Waals surface area contributed by atoms with E-state index >= 15 is 0 Å². The predicted molar refractivity (Wildman–Crippen MR) is 74.7 cm³/mol. The molecule has 19 heavy (non-hydrogen) atoms. The van der Waals surface area contributed by atoms with E-state index in [0.717, 1.165) is 50.5 Å². The van der Waals surface area contributed by atoms with Crippen molar-refractivity contribution in [1.82, 2.24) is 5.32 Å². The molecule has 0 amide bonds. The van der Waals surface area contributed by atoms with Crippen LogP contribution in [0.15, 0.2) is 18.2 Å². The van der Waals surface area contributed by atoms with Gasteiger partial charge in [-0.25, -0.2) is 0 Å². The lowest BCUT2D eigenvalue weighted by Gasteiger charge is -2.14. The summed E-state index contributed by atoms with van der Waals surface area (Å²) in [6.45, 7) is 4.65. The quantitative estimate of drug-likeness (QED) is 0.827. The summed E-state index contributed by atoms with van der Waals surface area (Å²) in [6.07, 6.45) is 2.76. The number of hydrogen-bond acceptors (Lipinski definition) is 4. The van der Waals surface area contributed by atoms with Crippen LogP contribution < -0.4 is 14.8 Å². The number of aliphatic hydroxyl groups is 1. The van der Waals surface area contributed by atoms with E-state index < -0.39 is 0 Å². The minimum atomic E-state index is 0.260. The Kier molecular flexibility index (Phi) is 5.48. The summed E-state index contributed by atoms with van der Waals surface area (Å²) in [5.41, 5.74) is 1.19. The SMILES string of the molecule is CC(CCCO)NCc1ccc2c(c1)OCCCO2. The van der Waals surface area contributed by atoms with Crippen LogP contribution in [0, 0.1) is 0 Å². The van der Waals surface area contributed by atoms with E-state index in [1.807, 2.05) is 12.1 Å². The van der Waals surface area contributed by atoms with Gasteiger partial charge in [0.2, 0.25) is 0 Å². The molecule has 0 spiro atoms. The van der Waals surface area contributed by atoms with Gasteiger partial charge in [0.15, 0.2) is 11.5 Å². The van der Waals surface area contributed by atoms with Gasteiger partial charge in [0.1, 0.15) is 0 Å². The van der Waals surface area contributed by atoms with Crippen molar-refractivity contribution in [3.63, 3.8) is 0 Å². The largest absolute Gasteiger partial charge is 0.490 e. The summed E-state index contributed by atoms with van der Waals surface area (Å²) in [4.78, 5) is 0. The molecule has 1 aromatic rings. The topological polar surface area (TPSA) is 50.7 Å². The highest BCUT2D eigenvalue weighted by Gasteiger charge is 2.10. The maximum absolute atomic E-state index is 8.80. The summed E-state index contributed by atoms with van der Waals surface area (Å²) < 4.78 is 11.3. The number of benzene rings is 1. The number of hydrogen-bond donors (Lipinski definition) is 2. The average molecular weight is 265 g/mol. The van der Waals surface area contributed by atoms with Crippen LogP contribution in [-0.4, -0.2) is 31.0 Å². The van der Waals surface area contributed by atoms with Crippen molar-refractivity contribution in [2.24, 2.45) is 0 Å². The van der Waals surface area contributed by atoms with Crippen molar-refractivity contribution >= 4 is 0 Å². The molecule has 0 aliphatic carbocycles. The fourth-order valence-electron chi connectivity index (χ4n) is 2.11. The van der Waals surface area contributed by atoms with E-state index in [1.54, 1.807) is 0 Å². The highest BCUT2D eigenvalue weighted by atomic mass is 16.5. The zero-order chi connectivity index (χ0) is 13.5. The van der Waals surface area contributed by atoms with Gasteiger partial charge in [0, 0.05) is 25.6 Å². The van der Waals surface area contributed by atoms with E-state index in [0.29, 0.717) is 6.04 Å². The first-order valence-corrected chi connectivity index (χ1v) is 7.02. The second-order valence-electron chi connectivity index (χ2n) is 4.98. The fraction of sp³-hybridized carbons (Fsp3) is 0.600. The van der Waals surface area contributed by atoms with Crippen molar-refractivity contribution in [3.05, 3.63) is 23.8 Å². The van der Waals surface area contributed by atoms with Crippen molar-refractivity contribution in [3.8, 4) is 11.5 Å². The molecule has 106 valence electrons. The van der Waals surface area contributed by atoms with Gasteiger partial charge in [-0.1, -0.05) is 6.07 Å². The van der Waals surface area contributed by atoms with E-state index in [9.17, 15) is 0 Å². The molecule has 1 heterocycles. The smallest absolute Gasteiger partial charge is 0.161 e. The summed E-state index contributed by atoms with van der Waals surface area (Å²) in [7, 11) is 0. The number of fused-ring (bicyclic) bond motifs is 1. The van der Waals surface area contributed by atoms with Crippen LogP contribution in [0.2, 0.25) is 0 Å². The third-order valence-electron chi connectivity index (χ3n) is 3.26. The summed E-state index contributed by atoms with van der Waals surface area (Å²) in [5.74, 6) is 1.69. The fourth-order valence-corrected chi connectivity index (χ4v) is 2.11. The van der Waals surface area contributed by atoms with Crippen LogP contribution >= 0.6 is 0 Å². The number of rotatable bonds is 6. The number of nitrogens with one attached hydrogen (secondary N) is 1. The number of aliphatic hydroxyl groups excluding tert-OH is 1. The zero-order valence-electron chi connectivity index (χ0n) is 11.5. The molecule has 0 radical (unpaired) electrons. The normalized spacial score (nSPS) is 15.9. The highest BCUT2D eigenvalue weighted by molar-refractivity contribution is 5.43. The molecule has 1 aliphatic heterocycles. The molecule has 0 saturated carbocycles. The van der Waals surface area contributed by atoms with Gasteiger partial charge < -0.3 is 19.9 Å². The molecule has 0 saturated heterocycles. The Hall–Kier alpha value is -1.26. The Morgan fingerprint density at radius 1 is 1.26 bits per heavy atom. The van der Waals surface area contributed by atoms with Crippen LogP contribution in [0.4, 0.5) is 0 Å². The Morgan fingerprint density at radius 2 is 2.05 bits per heavy atom. The Balaban J connectivity index is 1.89. The average Bonchev–Trinajstić information content (AvgIpc) is 2.67. The molecule has 0 fully saturated rings. The third kappa shape index (κ3) is 4.40. The molecule has 1 unspecified atom stereocenters. The summed E-state index contributed by atoms with van der Waals surface area (Å²) in [5, 5.41) is 12.2. The van der Waals surface area contributed by atoms with Crippen LogP contribution in [0.3, 0.4) is 0 Å². The Bertz CT molecular complexity index is 395. The lowest BCUT2D eigenvalue weighted by Crippen LogP contribution is -2.25. The second kappa shape index (κ2) is 7.36. The molecule has 4 heteroatoms. The first-order chi connectivity index (χ1) is 9.29. The monoisotopic (exact) mass is 265 g/mol. The van der Waals surface area contributed by atoms with Gasteiger partial charge in [0.05, 0.1) is 13.2 Å². The molecule has 1 aliphatic rings. The molecule has 0 aromatic heterocycles. The Labute approximate surface area is 114 Å². The van der Waals surface area contributed by atoms with Gasteiger partial charge in [-0.3, -0.25) is 0 Å². The molecular formula is C15H23NO3. The predicted octanol–water partition coefficient (Wildman–Crippen LogP) is 2.10. The van der Waals surface area contributed by atoms with E-state index in [-0.39, 0.29) is 6.61 Å². The number of ether oxygens (including phenoxy) is 2. The minimum Gasteiger partial charge on any atom is -0.490 e. The molecule has 2 rings (SSSR count). The van der Waals surface area contributed by atoms with E-state index in [2.05, 4.69) is 18.3 Å². The molecule has 1 atom stereocenters. The lowest BCUT2D eigenvalue weighted by atomic mass is 10.1. The maximum atomic E-state index is 8.80. The maximum Gasteiger partial charge on any atom is 0.161 e. The standard InChI is InChI=1S/C15H23NO3/c1-12(4-2-7-17)16-11-13-5-6-14-15(10-13)19-9-3-8-18-14/h5-6,10,12,16-17H,2-4,7-9,11H2,1H3. The van der Waals surface area contributed by atoms with Gasteiger partial charge in [0.25, 0.3) is 0 Å². The van der Waals surface area contributed by atoms with Gasteiger partial charge in [-0.15, -0.1) is 0 Å². The van der Waals surface area contributed by atoms with E-state index in [1.165, 1.54) is 5.56 Å². The van der Waals surface area contributed by atoms with Gasteiger partial charge in [-0.2, -0.15) is 0 Å². The van der Waals surface area contributed by atoms with Crippen LogP contribution in [0.5, 0.6) is 11.5 Å². The second-order valence-corrected chi connectivity index (χ2v) is 4.98. The van der Waals surface area contributed by atoms with Crippen molar-refractivity contribution < 1.29 is 14.6 Å². The lowest BCUT2D eigenvalue weighted by molar-refractivity contribution is 0.276. The first-order valence-electron chi connectivity index (χ1n) is 7.02. The highest BCUT2D eigenvalue weighted by Crippen LogP contribution is 2.30. The van der Waals surface area contributed by atoms with Gasteiger partial charge in [-0.05, 0) is 37.5 Å². The zero-order valence-corrected chi connectivity index (χ0v) is 11.5. The van der Waals surface area contributed by atoms with Crippen molar-refractivity contribution in [1.29, 1.82) is 0 Å². The molecule has 4 nitrogen and oxygen atoms in total. The van der Waals surface area contributed by atoms with Gasteiger partial charge >= 0.3 is 0 Å². The first kappa shape index (κ1) is 14.2. The van der Waals surface area contributed by atoms with Crippen LogP contribution in [0.1, 0.15) is 31.7 Å². The molecule has 2 N–H and O–H groups in total. The molecule has 0 bridgehead atoms. The molecule has 1 aromatic carbocycles. The summed E-state index contributed by atoms with van der Waals surface area (Å²) in [6, 6.07) is 6.50. The minimum absolute atomic E-state index is 0.260. The molecular weight excluding hydrogens is 242 g/mol. The Morgan fingerprint density at radius 3 is 2.84 bits per heavy atom. The summed E-state index contributed by atoms with van der Waals surface area (Å²) >= 11 is 0. The van der Waals surface area contributed by atoms with Crippen LogP contribution in [0.25, 0.3) is 0 Å². The third-order valence-corrected chi connectivity index (χ3v) is 3.26. The van der Waals surface area contributed by atoms with Crippen molar-refractivity contribution in [2.75, 3.05) is 19.8 Å². The van der Waals surface area contributed by atoms with E-state index in [4.69, 9.17) is 14.6 Å². The van der Waals surface area contributed by atoms with Crippen molar-refractivity contribution in [2.45, 2.75) is 38.8 Å².